The van der Waals surface area contributed by atoms with Crippen LogP contribution in [0.25, 0.3) is 27.5 Å². The van der Waals surface area contributed by atoms with Gasteiger partial charge in [-0.2, -0.15) is 0 Å². The zero-order chi connectivity index (χ0) is 19.0. The first-order chi connectivity index (χ1) is 13.1. The van der Waals surface area contributed by atoms with Gasteiger partial charge in [0, 0.05) is 25.4 Å². The van der Waals surface area contributed by atoms with Gasteiger partial charge in [-0.15, -0.1) is 0 Å². The summed E-state index contributed by atoms with van der Waals surface area (Å²) in [5.41, 5.74) is 4.30. The SMILES string of the molecule is CCCCc1ccc(-n2c3ccc(Br)cc3c(=O)c3cc(Br)ccc32)cc1. The lowest BCUT2D eigenvalue weighted by atomic mass is 10.1. The first kappa shape index (κ1) is 18.5. The Morgan fingerprint density at radius 1 is 0.815 bits per heavy atom. The molecule has 4 rings (SSSR count). The van der Waals surface area contributed by atoms with Crippen molar-refractivity contribution in [3.8, 4) is 5.69 Å². The Morgan fingerprint density at radius 3 is 1.89 bits per heavy atom. The normalized spacial score (nSPS) is 11.4. The van der Waals surface area contributed by atoms with Gasteiger partial charge in [0.05, 0.1) is 11.0 Å². The fraction of sp³-hybridized carbons (Fsp3) is 0.174. The van der Waals surface area contributed by atoms with E-state index >= 15 is 0 Å². The highest BCUT2D eigenvalue weighted by molar-refractivity contribution is 9.10. The summed E-state index contributed by atoms with van der Waals surface area (Å²) in [6, 6.07) is 20.5. The van der Waals surface area contributed by atoms with Crippen LogP contribution >= 0.6 is 31.9 Å². The van der Waals surface area contributed by atoms with Crippen molar-refractivity contribution in [3.63, 3.8) is 0 Å². The molecule has 0 aliphatic rings. The van der Waals surface area contributed by atoms with E-state index < -0.39 is 0 Å². The predicted octanol–water partition coefficient (Wildman–Crippen LogP) is 7.01. The smallest absolute Gasteiger partial charge is 0.197 e. The number of fused-ring (bicyclic) bond motifs is 2. The second-order valence-electron chi connectivity index (χ2n) is 6.76. The zero-order valence-electron chi connectivity index (χ0n) is 15.0. The molecule has 0 radical (unpaired) electrons. The fourth-order valence-corrected chi connectivity index (χ4v) is 4.24. The third-order valence-electron chi connectivity index (χ3n) is 4.90. The minimum Gasteiger partial charge on any atom is -0.309 e. The molecule has 27 heavy (non-hydrogen) atoms. The van der Waals surface area contributed by atoms with Crippen LogP contribution in [0.3, 0.4) is 0 Å². The summed E-state index contributed by atoms with van der Waals surface area (Å²) in [5, 5.41) is 1.43. The maximum atomic E-state index is 13.1. The van der Waals surface area contributed by atoms with Crippen LogP contribution in [0.2, 0.25) is 0 Å². The van der Waals surface area contributed by atoms with Gasteiger partial charge in [0.15, 0.2) is 5.43 Å². The Hall–Kier alpha value is -1.91. The fourth-order valence-electron chi connectivity index (χ4n) is 3.52. The quantitative estimate of drug-likeness (QED) is 0.285. The highest BCUT2D eigenvalue weighted by Crippen LogP contribution is 2.28. The van der Waals surface area contributed by atoms with Crippen molar-refractivity contribution in [2.24, 2.45) is 0 Å². The summed E-state index contributed by atoms with van der Waals surface area (Å²) in [6.45, 7) is 2.21. The summed E-state index contributed by atoms with van der Waals surface area (Å²) in [6.07, 6.45) is 3.49. The number of hydrogen-bond acceptors (Lipinski definition) is 1. The Balaban J connectivity index is 2.03. The van der Waals surface area contributed by atoms with Crippen LogP contribution in [-0.4, -0.2) is 4.57 Å². The number of nitrogens with zero attached hydrogens (tertiary/aromatic N) is 1. The lowest BCUT2D eigenvalue weighted by molar-refractivity contribution is 0.795. The molecule has 2 nitrogen and oxygen atoms in total. The van der Waals surface area contributed by atoms with Crippen molar-refractivity contribution in [2.75, 3.05) is 0 Å². The highest BCUT2D eigenvalue weighted by atomic mass is 79.9. The molecular formula is C23H19Br2NO. The van der Waals surface area contributed by atoms with Crippen LogP contribution in [0.5, 0.6) is 0 Å². The van der Waals surface area contributed by atoms with Gasteiger partial charge in [0.2, 0.25) is 0 Å². The Morgan fingerprint density at radius 2 is 1.37 bits per heavy atom. The summed E-state index contributed by atoms with van der Waals surface area (Å²) in [4.78, 5) is 13.1. The van der Waals surface area contributed by atoms with Gasteiger partial charge in [-0.05, 0) is 66.9 Å². The van der Waals surface area contributed by atoms with Crippen molar-refractivity contribution in [1.82, 2.24) is 4.57 Å². The predicted molar refractivity (Wildman–Crippen MR) is 121 cm³/mol. The molecule has 0 amide bonds. The van der Waals surface area contributed by atoms with E-state index in [-0.39, 0.29) is 5.43 Å². The molecular weight excluding hydrogens is 466 g/mol. The minimum atomic E-state index is 0.0541. The van der Waals surface area contributed by atoms with Crippen LogP contribution in [0.4, 0.5) is 0 Å². The molecule has 0 fully saturated rings. The van der Waals surface area contributed by atoms with E-state index in [1.165, 1.54) is 18.4 Å². The van der Waals surface area contributed by atoms with Crippen molar-refractivity contribution in [1.29, 1.82) is 0 Å². The van der Waals surface area contributed by atoms with Gasteiger partial charge in [-0.25, -0.2) is 0 Å². The van der Waals surface area contributed by atoms with Gasteiger partial charge in [-0.1, -0.05) is 57.3 Å². The molecule has 0 atom stereocenters. The molecule has 1 aromatic heterocycles. The summed E-state index contributed by atoms with van der Waals surface area (Å²) in [5.74, 6) is 0. The van der Waals surface area contributed by atoms with Crippen molar-refractivity contribution >= 4 is 53.7 Å². The number of unbranched alkanes of at least 4 members (excludes halogenated alkanes) is 1. The molecule has 0 spiro atoms. The van der Waals surface area contributed by atoms with Crippen LogP contribution in [0.1, 0.15) is 25.3 Å². The standard InChI is InChI=1S/C23H19Br2NO/c1-2-3-4-15-5-9-18(10-6-15)26-21-11-7-16(24)13-19(21)23(27)20-14-17(25)8-12-22(20)26/h5-14H,2-4H2,1H3. The maximum absolute atomic E-state index is 13.1. The molecule has 4 heteroatoms. The number of pyridine rings is 1. The number of aryl methyl sites for hydroxylation is 1. The number of halogens is 2. The molecule has 0 bridgehead atoms. The van der Waals surface area contributed by atoms with Crippen LogP contribution in [0, 0.1) is 0 Å². The van der Waals surface area contributed by atoms with E-state index in [0.717, 1.165) is 32.1 Å². The van der Waals surface area contributed by atoms with Gasteiger partial charge >= 0.3 is 0 Å². The largest absolute Gasteiger partial charge is 0.309 e. The lowest BCUT2D eigenvalue weighted by Gasteiger charge is -2.16. The van der Waals surface area contributed by atoms with E-state index in [2.05, 4.69) is 67.6 Å². The van der Waals surface area contributed by atoms with Gasteiger partial charge in [0.1, 0.15) is 0 Å². The average Bonchev–Trinajstić information content (AvgIpc) is 2.68. The molecule has 0 saturated carbocycles. The Kier molecular flexibility index (Phi) is 5.20. The van der Waals surface area contributed by atoms with Gasteiger partial charge in [0.25, 0.3) is 0 Å². The molecule has 1 heterocycles. The molecule has 0 aliphatic heterocycles. The van der Waals surface area contributed by atoms with E-state index in [0.29, 0.717) is 10.8 Å². The van der Waals surface area contributed by atoms with Crippen molar-refractivity contribution in [3.05, 3.63) is 85.4 Å². The molecule has 0 unspecified atom stereocenters. The Bertz CT molecular complexity index is 1130. The third kappa shape index (κ3) is 3.48. The van der Waals surface area contributed by atoms with Gasteiger partial charge in [-0.3, -0.25) is 4.79 Å². The van der Waals surface area contributed by atoms with E-state index in [9.17, 15) is 4.79 Å². The molecule has 0 N–H and O–H groups in total. The van der Waals surface area contributed by atoms with E-state index in [1.807, 2.05) is 36.4 Å². The second kappa shape index (κ2) is 7.61. The van der Waals surface area contributed by atoms with Crippen LogP contribution in [0.15, 0.2) is 74.4 Å². The summed E-state index contributed by atoms with van der Waals surface area (Å²) < 4.78 is 3.99. The monoisotopic (exact) mass is 483 g/mol. The Labute approximate surface area is 175 Å². The van der Waals surface area contributed by atoms with Crippen molar-refractivity contribution < 1.29 is 0 Å². The molecule has 0 aliphatic carbocycles. The molecule has 0 saturated heterocycles. The first-order valence-electron chi connectivity index (χ1n) is 9.11. The minimum absolute atomic E-state index is 0.0541. The average molecular weight is 485 g/mol. The number of rotatable bonds is 4. The van der Waals surface area contributed by atoms with Crippen LogP contribution in [-0.2, 0) is 6.42 Å². The van der Waals surface area contributed by atoms with Crippen LogP contribution < -0.4 is 5.43 Å². The molecule has 4 aromatic rings. The highest BCUT2D eigenvalue weighted by Gasteiger charge is 2.13. The topological polar surface area (TPSA) is 22.0 Å². The van der Waals surface area contributed by atoms with E-state index in [1.54, 1.807) is 0 Å². The van der Waals surface area contributed by atoms with Gasteiger partial charge < -0.3 is 4.57 Å². The molecule has 3 aromatic carbocycles. The first-order valence-corrected chi connectivity index (χ1v) is 10.7. The second-order valence-corrected chi connectivity index (χ2v) is 8.59. The summed E-state index contributed by atoms with van der Waals surface area (Å²) in [7, 11) is 0. The summed E-state index contributed by atoms with van der Waals surface area (Å²) >= 11 is 7.00. The van der Waals surface area contributed by atoms with E-state index in [4.69, 9.17) is 0 Å². The van der Waals surface area contributed by atoms with Crippen molar-refractivity contribution in [2.45, 2.75) is 26.2 Å². The number of benzene rings is 3. The maximum Gasteiger partial charge on any atom is 0.197 e. The zero-order valence-corrected chi connectivity index (χ0v) is 18.2. The lowest BCUT2D eigenvalue weighted by Crippen LogP contribution is -2.10. The third-order valence-corrected chi connectivity index (χ3v) is 5.89. The molecule has 136 valence electrons. The number of aromatic nitrogens is 1. The number of hydrogen-bond donors (Lipinski definition) is 0.